The second-order valence-corrected chi connectivity index (χ2v) is 3.52. The van der Waals surface area contributed by atoms with Crippen molar-refractivity contribution in [3.63, 3.8) is 0 Å². The summed E-state index contributed by atoms with van der Waals surface area (Å²) in [4.78, 5) is 11.2. The van der Waals surface area contributed by atoms with Gasteiger partial charge in [0.15, 0.2) is 0 Å². The van der Waals surface area contributed by atoms with Crippen LogP contribution in [0, 0.1) is 5.82 Å². The Morgan fingerprint density at radius 2 is 1.63 bits per heavy atom. The van der Waals surface area contributed by atoms with Crippen molar-refractivity contribution in [1.82, 2.24) is 5.32 Å². The van der Waals surface area contributed by atoms with Gasteiger partial charge in [-0.25, -0.2) is 4.39 Å². The van der Waals surface area contributed by atoms with E-state index in [1.54, 1.807) is 0 Å². The fourth-order valence-corrected chi connectivity index (χ4v) is 1.17. The molecule has 2 nitrogen and oxygen atoms in total. The summed E-state index contributed by atoms with van der Waals surface area (Å²) in [6, 6.07) is 0.830. The van der Waals surface area contributed by atoms with E-state index < -0.39 is 41.7 Å². The van der Waals surface area contributed by atoms with Gasteiger partial charge < -0.3 is 5.32 Å². The lowest BCUT2D eigenvalue weighted by molar-refractivity contribution is -0.137. The first-order valence-electron chi connectivity index (χ1n) is 4.72. The van der Waals surface area contributed by atoms with E-state index in [4.69, 9.17) is 0 Å². The zero-order valence-electron chi connectivity index (χ0n) is 8.99. The highest BCUT2D eigenvalue weighted by Crippen LogP contribution is 2.30. The van der Waals surface area contributed by atoms with Crippen molar-refractivity contribution in [3.05, 3.63) is 35.1 Å². The summed E-state index contributed by atoms with van der Waals surface area (Å²) < 4.78 is 85.2. The molecule has 0 atom stereocenters. The zero-order chi connectivity index (χ0) is 14.8. The standard InChI is InChI=1S/C10H6F7NO/c11-7-2-5(1-6(3-7)10(15,16)17)8(19)18-4-9(12,13)14/h1-3H,4H2,(H,18,19). The molecule has 0 saturated carbocycles. The van der Waals surface area contributed by atoms with Gasteiger partial charge in [0, 0.05) is 5.56 Å². The number of alkyl halides is 6. The molecule has 0 aliphatic carbocycles. The van der Waals surface area contributed by atoms with Gasteiger partial charge in [-0.15, -0.1) is 0 Å². The Bertz CT molecular complexity index is 478. The molecule has 0 unspecified atom stereocenters. The third kappa shape index (κ3) is 4.76. The lowest BCUT2D eigenvalue weighted by Gasteiger charge is -2.11. The second kappa shape index (κ2) is 5.06. The molecular weight excluding hydrogens is 283 g/mol. The number of hydrogen-bond donors (Lipinski definition) is 1. The normalized spacial score (nSPS) is 12.4. The van der Waals surface area contributed by atoms with Crippen LogP contribution in [0.25, 0.3) is 0 Å². The zero-order valence-corrected chi connectivity index (χ0v) is 8.99. The average molecular weight is 289 g/mol. The number of hydrogen-bond acceptors (Lipinski definition) is 1. The Kier molecular flexibility index (Phi) is 4.06. The summed E-state index contributed by atoms with van der Waals surface area (Å²) in [6.07, 6.45) is -9.61. The van der Waals surface area contributed by atoms with E-state index in [-0.39, 0.29) is 12.1 Å². The molecule has 106 valence electrons. The van der Waals surface area contributed by atoms with E-state index in [1.165, 1.54) is 5.32 Å². The van der Waals surface area contributed by atoms with Crippen LogP contribution in [0.3, 0.4) is 0 Å². The van der Waals surface area contributed by atoms with Crippen LogP contribution in [0.4, 0.5) is 30.7 Å². The van der Waals surface area contributed by atoms with Crippen LogP contribution >= 0.6 is 0 Å². The number of benzene rings is 1. The van der Waals surface area contributed by atoms with Crippen molar-refractivity contribution in [2.45, 2.75) is 12.4 Å². The van der Waals surface area contributed by atoms with Crippen molar-refractivity contribution in [3.8, 4) is 0 Å². The highest BCUT2D eigenvalue weighted by Gasteiger charge is 2.32. The molecule has 1 N–H and O–H groups in total. The first kappa shape index (κ1) is 15.3. The van der Waals surface area contributed by atoms with Gasteiger partial charge in [-0.05, 0) is 18.2 Å². The Balaban J connectivity index is 2.95. The van der Waals surface area contributed by atoms with E-state index >= 15 is 0 Å². The maximum absolute atomic E-state index is 12.9. The number of amides is 1. The Labute approximate surface area is 102 Å². The van der Waals surface area contributed by atoms with Gasteiger partial charge in [-0.2, -0.15) is 26.3 Å². The summed E-state index contributed by atoms with van der Waals surface area (Å²) >= 11 is 0. The maximum atomic E-state index is 12.9. The summed E-state index contributed by atoms with van der Waals surface area (Å²) in [6.45, 7) is -1.72. The van der Waals surface area contributed by atoms with Gasteiger partial charge in [-0.1, -0.05) is 0 Å². The highest BCUT2D eigenvalue weighted by atomic mass is 19.4. The summed E-state index contributed by atoms with van der Waals surface area (Å²) in [5.74, 6) is -2.81. The SMILES string of the molecule is O=C(NCC(F)(F)F)c1cc(F)cc(C(F)(F)F)c1. The maximum Gasteiger partial charge on any atom is 0.416 e. The summed E-state index contributed by atoms with van der Waals surface area (Å²) in [7, 11) is 0. The predicted octanol–water partition coefficient (Wildman–Crippen LogP) is 3.14. The topological polar surface area (TPSA) is 29.1 Å². The molecule has 0 bridgehead atoms. The summed E-state index contributed by atoms with van der Waals surface area (Å²) in [5, 5.41) is 1.35. The lowest BCUT2D eigenvalue weighted by atomic mass is 10.1. The highest BCUT2D eigenvalue weighted by molar-refractivity contribution is 5.94. The van der Waals surface area contributed by atoms with Crippen molar-refractivity contribution < 1.29 is 35.5 Å². The molecule has 1 aromatic rings. The van der Waals surface area contributed by atoms with Crippen LogP contribution < -0.4 is 5.32 Å². The molecule has 0 aromatic heterocycles. The van der Waals surface area contributed by atoms with Gasteiger partial charge in [0.1, 0.15) is 12.4 Å². The third-order valence-corrected chi connectivity index (χ3v) is 1.94. The molecule has 0 aliphatic heterocycles. The minimum atomic E-state index is -4.90. The van der Waals surface area contributed by atoms with Crippen LogP contribution in [0.2, 0.25) is 0 Å². The minimum Gasteiger partial charge on any atom is -0.343 e. The smallest absolute Gasteiger partial charge is 0.343 e. The molecule has 0 saturated heterocycles. The van der Waals surface area contributed by atoms with E-state index in [1.807, 2.05) is 0 Å². The van der Waals surface area contributed by atoms with E-state index in [9.17, 15) is 35.5 Å². The van der Waals surface area contributed by atoms with E-state index in [0.717, 1.165) is 0 Å². The second-order valence-electron chi connectivity index (χ2n) is 3.52. The Hall–Kier alpha value is -1.80. The van der Waals surface area contributed by atoms with Crippen LogP contribution in [-0.4, -0.2) is 18.6 Å². The minimum absolute atomic E-state index is 0.139. The van der Waals surface area contributed by atoms with Gasteiger partial charge in [0.25, 0.3) is 5.91 Å². The molecule has 19 heavy (non-hydrogen) atoms. The first-order chi connectivity index (χ1) is 8.49. The van der Waals surface area contributed by atoms with Crippen LogP contribution in [0.5, 0.6) is 0 Å². The third-order valence-electron chi connectivity index (χ3n) is 1.94. The van der Waals surface area contributed by atoms with Gasteiger partial charge in [-0.3, -0.25) is 4.79 Å². The predicted molar refractivity (Wildman–Crippen MR) is 49.8 cm³/mol. The van der Waals surface area contributed by atoms with Crippen molar-refractivity contribution >= 4 is 5.91 Å². The van der Waals surface area contributed by atoms with Crippen molar-refractivity contribution in [2.75, 3.05) is 6.54 Å². The largest absolute Gasteiger partial charge is 0.416 e. The molecule has 1 amide bonds. The number of carbonyl (C=O) groups is 1. The Morgan fingerprint density at radius 3 is 2.11 bits per heavy atom. The molecule has 0 aliphatic rings. The molecular formula is C10H6F7NO. The monoisotopic (exact) mass is 289 g/mol. The summed E-state index contributed by atoms with van der Waals surface area (Å²) in [5.41, 5.74) is -2.29. The van der Waals surface area contributed by atoms with Gasteiger partial charge in [0.2, 0.25) is 0 Å². The number of rotatable bonds is 2. The lowest BCUT2D eigenvalue weighted by Crippen LogP contribution is -2.33. The van der Waals surface area contributed by atoms with Gasteiger partial charge in [0.05, 0.1) is 5.56 Å². The molecule has 0 spiro atoms. The Morgan fingerprint density at radius 1 is 1.05 bits per heavy atom. The molecule has 9 heteroatoms. The quantitative estimate of drug-likeness (QED) is 0.833. The fourth-order valence-electron chi connectivity index (χ4n) is 1.17. The molecule has 1 rings (SSSR count). The first-order valence-corrected chi connectivity index (χ1v) is 4.72. The van der Waals surface area contributed by atoms with Crippen molar-refractivity contribution in [2.24, 2.45) is 0 Å². The average Bonchev–Trinajstić information content (AvgIpc) is 2.22. The number of carbonyl (C=O) groups excluding carboxylic acids is 1. The number of halogens is 7. The van der Waals surface area contributed by atoms with E-state index in [2.05, 4.69) is 0 Å². The van der Waals surface area contributed by atoms with Crippen molar-refractivity contribution in [1.29, 1.82) is 0 Å². The van der Waals surface area contributed by atoms with E-state index in [0.29, 0.717) is 6.07 Å². The van der Waals surface area contributed by atoms with Gasteiger partial charge >= 0.3 is 12.4 Å². The number of nitrogens with one attached hydrogen (secondary N) is 1. The molecule has 0 heterocycles. The van der Waals surface area contributed by atoms with Crippen LogP contribution in [0.15, 0.2) is 18.2 Å². The fraction of sp³-hybridized carbons (Fsp3) is 0.300. The molecule has 0 radical (unpaired) electrons. The van der Waals surface area contributed by atoms with Crippen LogP contribution in [0.1, 0.15) is 15.9 Å². The molecule has 0 fully saturated rings. The van der Waals surface area contributed by atoms with Crippen LogP contribution in [-0.2, 0) is 6.18 Å². The molecule has 1 aromatic carbocycles.